The van der Waals surface area contributed by atoms with Crippen LogP contribution in [0.4, 0.5) is 5.69 Å². The van der Waals surface area contributed by atoms with Crippen molar-refractivity contribution in [2.75, 3.05) is 12.3 Å². The predicted octanol–water partition coefficient (Wildman–Crippen LogP) is 6.37. The number of rotatable bonds is 20. The molecule has 0 heterocycles. The Balaban J connectivity index is 2.24. The number of hydrogen-bond donors (Lipinski definition) is 2. The number of esters is 1. The van der Waals surface area contributed by atoms with Gasteiger partial charge in [-0.3, -0.25) is 9.59 Å². The van der Waals surface area contributed by atoms with Crippen molar-refractivity contribution in [1.29, 1.82) is 0 Å². The van der Waals surface area contributed by atoms with Gasteiger partial charge in [-0.05, 0) is 25.5 Å². The summed E-state index contributed by atoms with van der Waals surface area (Å²) in [4.78, 5) is 37.3. The summed E-state index contributed by atoms with van der Waals surface area (Å²) >= 11 is 0. The van der Waals surface area contributed by atoms with Gasteiger partial charge in [0.2, 0.25) is 5.91 Å². The van der Waals surface area contributed by atoms with Gasteiger partial charge in [-0.1, -0.05) is 96.1 Å². The van der Waals surface area contributed by atoms with E-state index in [-0.39, 0.29) is 24.7 Å². The number of carbonyl (C=O) groups excluding carboxylic acids is 3. The largest absolute Gasteiger partial charge is 0.464 e. The number of nitrogens with two attached hydrogens (primary N) is 1. The molecule has 0 aliphatic heterocycles. The van der Waals surface area contributed by atoms with Crippen LogP contribution < -0.4 is 11.1 Å². The lowest BCUT2D eigenvalue weighted by Gasteiger charge is -2.17. The number of amides is 1. The second-order valence-corrected chi connectivity index (χ2v) is 9.08. The lowest BCUT2D eigenvalue weighted by atomic mass is 10.0. The van der Waals surface area contributed by atoms with Crippen LogP contribution in [0.5, 0.6) is 0 Å². The minimum atomic E-state index is -0.999. The Bertz CT molecular complexity index is 720. The molecule has 1 rings (SSSR count). The number of nitrogens with one attached hydrogen (secondary N) is 1. The number of anilines is 1. The second-order valence-electron chi connectivity index (χ2n) is 9.08. The average molecular weight is 475 g/mol. The van der Waals surface area contributed by atoms with Crippen LogP contribution in [0.25, 0.3) is 0 Å². The molecule has 6 heteroatoms. The normalized spacial score (nSPS) is 11.7. The van der Waals surface area contributed by atoms with E-state index in [2.05, 4.69) is 12.2 Å². The van der Waals surface area contributed by atoms with Gasteiger partial charge >= 0.3 is 5.97 Å². The number of ether oxygens (including phenoxy) is 1. The molecule has 0 spiro atoms. The molecule has 1 aromatic rings. The lowest BCUT2D eigenvalue weighted by molar-refractivity contribution is -0.147. The molecule has 0 fully saturated rings. The number of Topliss-reactive ketones (excluding diaryl/α,β-unsaturated/α-hetero) is 1. The number of ketones is 1. The average Bonchev–Trinajstić information content (AvgIpc) is 2.82. The Hall–Kier alpha value is -2.37. The number of benzene rings is 1. The van der Waals surface area contributed by atoms with Crippen molar-refractivity contribution < 1.29 is 19.1 Å². The zero-order valence-corrected chi connectivity index (χ0v) is 21.4. The van der Waals surface area contributed by atoms with Crippen molar-refractivity contribution in [2.24, 2.45) is 0 Å². The van der Waals surface area contributed by atoms with Gasteiger partial charge < -0.3 is 15.8 Å². The van der Waals surface area contributed by atoms with E-state index in [0.717, 1.165) is 19.3 Å². The SMILES string of the molecule is CCCCCCCCCCCCCCCC(=O)NC(CC(=O)c1ccccc1N)C(=O)OCC. The summed E-state index contributed by atoms with van der Waals surface area (Å²) in [5.74, 6) is -1.11. The zero-order valence-electron chi connectivity index (χ0n) is 21.4. The van der Waals surface area contributed by atoms with Crippen molar-refractivity contribution in [3.8, 4) is 0 Å². The van der Waals surface area contributed by atoms with Crippen molar-refractivity contribution in [1.82, 2.24) is 5.32 Å². The standard InChI is InChI=1S/C28H46N2O4/c1-3-5-6-7-8-9-10-11-12-13-14-15-16-21-27(32)30-25(28(33)34-4-2)22-26(31)23-19-17-18-20-24(23)29/h17-20,25H,3-16,21-22,29H2,1-2H3,(H,30,32). The number of para-hydroxylation sites is 1. The van der Waals surface area contributed by atoms with Gasteiger partial charge in [0.05, 0.1) is 6.61 Å². The van der Waals surface area contributed by atoms with Crippen LogP contribution in [0, 0.1) is 0 Å². The van der Waals surface area contributed by atoms with Crippen LogP contribution in [0.15, 0.2) is 24.3 Å². The van der Waals surface area contributed by atoms with Gasteiger partial charge in [0, 0.05) is 24.1 Å². The highest BCUT2D eigenvalue weighted by Crippen LogP contribution is 2.15. The van der Waals surface area contributed by atoms with Gasteiger partial charge in [-0.25, -0.2) is 4.79 Å². The molecule has 192 valence electrons. The van der Waals surface area contributed by atoms with Crippen LogP contribution in [-0.2, 0) is 14.3 Å². The van der Waals surface area contributed by atoms with Crippen molar-refractivity contribution in [2.45, 2.75) is 116 Å². The van der Waals surface area contributed by atoms with E-state index in [4.69, 9.17) is 10.5 Å². The third-order valence-corrected chi connectivity index (χ3v) is 6.06. The molecule has 34 heavy (non-hydrogen) atoms. The Morgan fingerprint density at radius 1 is 0.824 bits per heavy atom. The van der Waals surface area contributed by atoms with Crippen LogP contribution in [0.2, 0.25) is 0 Å². The first-order valence-electron chi connectivity index (χ1n) is 13.3. The summed E-state index contributed by atoms with van der Waals surface area (Å²) in [7, 11) is 0. The molecule has 1 unspecified atom stereocenters. The Kier molecular flexibility index (Phi) is 16.6. The van der Waals surface area contributed by atoms with Gasteiger partial charge in [-0.15, -0.1) is 0 Å². The molecule has 6 nitrogen and oxygen atoms in total. The number of nitrogen functional groups attached to an aromatic ring is 1. The summed E-state index contributed by atoms with van der Waals surface area (Å²) in [5.41, 5.74) is 6.58. The maximum absolute atomic E-state index is 12.6. The number of unbranched alkanes of at least 4 members (excludes halogenated alkanes) is 12. The fourth-order valence-corrected chi connectivity index (χ4v) is 4.05. The van der Waals surface area contributed by atoms with Crippen molar-refractivity contribution >= 4 is 23.3 Å². The molecule has 0 saturated heterocycles. The first-order chi connectivity index (χ1) is 16.5. The van der Waals surface area contributed by atoms with E-state index in [0.29, 0.717) is 17.7 Å². The number of hydrogen-bond acceptors (Lipinski definition) is 5. The maximum Gasteiger partial charge on any atom is 0.329 e. The fourth-order valence-electron chi connectivity index (χ4n) is 4.05. The fraction of sp³-hybridized carbons (Fsp3) is 0.679. The third kappa shape index (κ3) is 13.4. The van der Waals surface area contributed by atoms with Gasteiger partial charge in [0.15, 0.2) is 5.78 Å². The molecular weight excluding hydrogens is 428 g/mol. The van der Waals surface area contributed by atoms with E-state index in [9.17, 15) is 14.4 Å². The highest BCUT2D eigenvalue weighted by atomic mass is 16.5. The Labute approximate surface area is 206 Å². The predicted molar refractivity (Wildman–Crippen MR) is 139 cm³/mol. The van der Waals surface area contributed by atoms with Gasteiger partial charge in [0.1, 0.15) is 6.04 Å². The van der Waals surface area contributed by atoms with Crippen molar-refractivity contribution in [3.63, 3.8) is 0 Å². The smallest absolute Gasteiger partial charge is 0.329 e. The molecule has 3 N–H and O–H groups in total. The minimum absolute atomic E-state index is 0.169. The van der Waals surface area contributed by atoms with Crippen LogP contribution >= 0.6 is 0 Å². The Morgan fingerprint density at radius 3 is 1.88 bits per heavy atom. The van der Waals surface area contributed by atoms with Crippen LogP contribution in [-0.4, -0.2) is 30.3 Å². The van der Waals surface area contributed by atoms with E-state index in [1.54, 1.807) is 31.2 Å². The quantitative estimate of drug-likeness (QED) is 0.0990. The summed E-state index contributed by atoms with van der Waals surface area (Å²) in [6.07, 6.45) is 16.3. The minimum Gasteiger partial charge on any atom is -0.464 e. The van der Waals surface area contributed by atoms with E-state index < -0.39 is 12.0 Å². The molecule has 1 atom stereocenters. The van der Waals surface area contributed by atoms with Crippen LogP contribution in [0.3, 0.4) is 0 Å². The Morgan fingerprint density at radius 2 is 1.35 bits per heavy atom. The van der Waals surface area contributed by atoms with Crippen LogP contribution in [0.1, 0.15) is 121 Å². The maximum atomic E-state index is 12.6. The molecule has 0 saturated carbocycles. The highest BCUT2D eigenvalue weighted by Gasteiger charge is 2.26. The van der Waals surface area contributed by atoms with E-state index >= 15 is 0 Å². The first-order valence-corrected chi connectivity index (χ1v) is 13.3. The molecular formula is C28H46N2O4. The second kappa shape index (κ2) is 19.0. The zero-order chi connectivity index (χ0) is 25.0. The third-order valence-electron chi connectivity index (χ3n) is 6.06. The molecule has 0 bridgehead atoms. The summed E-state index contributed by atoms with van der Waals surface area (Å²) < 4.78 is 5.06. The number of carbonyl (C=O) groups is 3. The lowest BCUT2D eigenvalue weighted by Crippen LogP contribution is -2.43. The molecule has 0 aliphatic rings. The van der Waals surface area contributed by atoms with E-state index in [1.807, 2.05) is 0 Å². The van der Waals surface area contributed by atoms with Crippen molar-refractivity contribution in [3.05, 3.63) is 29.8 Å². The molecule has 0 aliphatic carbocycles. The molecule has 1 amide bonds. The highest BCUT2D eigenvalue weighted by molar-refractivity contribution is 6.03. The summed E-state index contributed by atoms with van der Waals surface area (Å²) in [5, 5.41) is 2.69. The summed E-state index contributed by atoms with van der Waals surface area (Å²) in [6.45, 7) is 4.13. The molecule has 1 aromatic carbocycles. The van der Waals surface area contributed by atoms with Gasteiger partial charge in [-0.2, -0.15) is 0 Å². The first kappa shape index (κ1) is 29.7. The van der Waals surface area contributed by atoms with E-state index in [1.165, 1.54) is 64.2 Å². The monoisotopic (exact) mass is 474 g/mol. The topological polar surface area (TPSA) is 98.5 Å². The molecule has 0 radical (unpaired) electrons. The summed E-state index contributed by atoms with van der Waals surface area (Å²) in [6, 6.07) is 5.72. The van der Waals surface area contributed by atoms with Gasteiger partial charge in [0.25, 0.3) is 0 Å². The molecule has 0 aromatic heterocycles.